The Hall–Kier alpha value is -3.69. The molecule has 3 rings (SSSR count). The highest BCUT2D eigenvalue weighted by Gasteiger charge is 2.22. The van der Waals surface area contributed by atoms with Gasteiger partial charge in [-0.3, -0.25) is 10.0 Å². The number of hydrogen-bond acceptors (Lipinski definition) is 10. The molecule has 3 aromatic rings. The van der Waals surface area contributed by atoms with Crippen molar-refractivity contribution in [3.63, 3.8) is 0 Å². The van der Waals surface area contributed by atoms with Crippen LogP contribution in [0.3, 0.4) is 0 Å². The van der Waals surface area contributed by atoms with E-state index in [9.17, 15) is 31.5 Å². The van der Waals surface area contributed by atoms with Gasteiger partial charge in [0.05, 0.1) is 4.90 Å². The molecule has 0 spiro atoms. The number of rotatable bonds is 11. The van der Waals surface area contributed by atoms with E-state index >= 15 is 0 Å². The molecule has 4 N–H and O–H groups in total. The van der Waals surface area contributed by atoms with Crippen molar-refractivity contribution in [3.8, 4) is 22.6 Å². The molecule has 15 heteroatoms. The number of phenolic OH excluding ortho intramolecular Hbond substituents is 1. The molecule has 234 valence electrons. The first-order valence-electron chi connectivity index (χ1n) is 12.6. The van der Waals surface area contributed by atoms with E-state index < -0.39 is 54.6 Å². The van der Waals surface area contributed by atoms with Crippen molar-refractivity contribution in [2.45, 2.75) is 42.6 Å². The predicted octanol–water partition coefficient (Wildman–Crippen LogP) is 3.25. The monoisotopic (exact) mass is 656 g/mol. The molecule has 0 saturated heterocycles. The summed E-state index contributed by atoms with van der Waals surface area (Å²) in [7, 11) is -7.87. The molecule has 1 amide bonds. The van der Waals surface area contributed by atoms with Gasteiger partial charge in [0, 0.05) is 23.9 Å². The molecule has 0 atom stereocenters. The number of esters is 1. The van der Waals surface area contributed by atoms with Crippen LogP contribution in [0.4, 0.5) is 0 Å². The lowest BCUT2D eigenvalue weighted by Crippen LogP contribution is -2.28. The fraction of sp³-hybridized carbons (Fsp3) is 0.286. The second-order valence-corrected chi connectivity index (χ2v) is 14.0. The zero-order valence-corrected chi connectivity index (χ0v) is 26.2. The molecule has 0 aliphatic heterocycles. The van der Waals surface area contributed by atoms with Gasteiger partial charge in [-0.25, -0.2) is 31.8 Å². The van der Waals surface area contributed by atoms with E-state index in [1.807, 2.05) is 0 Å². The zero-order valence-electron chi connectivity index (χ0n) is 23.8. The molecular weight excluding hydrogens is 624 g/mol. The smallest absolute Gasteiger partial charge is 0.344 e. The van der Waals surface area contributed by atoms with Crippen LogP contribution in [0.25, 0.3) is 11.1 Å². The van der Waals surface area contributed by atoms with Crippen molar-refractivity contribution >= 4 is 44.1 Å². The normalized spacial score (nSPS) is 11.7. The molecule has 0 aliphatic carbocycles. The number of hydroxylamine groups is 1. The highest BCUT2D eigenvalue weighted by Crippen LogP contribution is 2.32. The van der Waals surface area contributed by atoms with Crippen LogP contribution in [-0.4, -0.2) is 64.0 Å². The number of sulfone groups is 1. The minimum absolute atomic E-state index is 0. The average Bonchev–Trinajstić information content (AvgIpc) is 2.90. The maximum Gasteiger partial charge on any atom is 0.344 e. The Morgan fingerprint density at radius 1 is 0.930 bits per heavy atom. The van der Waals surface area contributed by atoms with Crippen molar-refractivity contribution < 1.29 is 46.2 Å². The van der Waals surface area contributed by atoms with Crippen LogP contribution < -0.4 is 14.9 Å². The number of phenols is 1. The lowest BCUT2D eigenvalue weighted by Gasteiger charge is -2.20. The maximum absolute atomic E-state index is 12.9. The van der Waals surface area contributed by atoms with Crippen molar-refractivity contribution in [1.29, 1.82) is 0 Å². The van der Waals surface area contributed by atoms with Gasteiger partial charge in [0.2, 0.25) is 10.0 Å². The Morgan fingerprint density at radius 3 is 2.23 bits per heavy atom. The quantitative estimate of drug-likeness (QED) is 0.136. The summed E-state index contributed by atoms with van der Waals surface area (Å²) in [6.45, 7) is 4.47. The molecule has 0 bridgehead atoms. The van der Waals surface area contributed by atoms with Crippen molar-refractivity contribution in [2.24, 2.45) is 0 Å². The lowest BCUT2D eigenvalue weighted by molar-refractivity contribution is -0.157. The molecule has 43 heavy (non-hydrogen) atoms. The first-order valence-corrected chi connectivity index (χ1v) is 15.9. The van der Waals surface area contributed by atoms with E-state index in [-0.39, 0.29) is 41.6 Å². The van der Waals surface area contributed by atoms with Crippen LogP contribution in [-0.2, 0) is 35.8 Å². The number of amides is 1. The topological polar surface area (TPSA) is 185 Å². The molecule has 0 radical (unpaired) electrons. The van der Waals surface area contributed by atoms with Crippen LogP contribution in [0, 0.1) is 0 Å². The Labute approximate surface area is 256 Å². The zero-order chi connectivity index (χ0) is 31.3. The van der Waals surface area contributed by atoms with Crippen LogP contribution in [0.1, 0.15) is 36.7 Å². The minimum atomic E-state index is -4.30. The van der Waals surface area contributed by atoms with Gasteiger partial charge in [-0.1, -0.05) is 30.3 Å². The molecule has 0 saturated carbocycles. The third kappa shape index (κ3) is 9.66. The van der Waals surface area contributed by atoms with Crippen molar-refractivity contribution in [1.82, 2.24) is 10.2 Å². The Bertz CT molecular complexity index is 1700. The lowest BCUT2D eigenvalue weighted by atomic mass is 10.0. The van der Waals surface area contributed by atoms with Crippen LogP contribution >= 0.6 is 12.4 Å². The number of carbonyl (C=O) groups excluding carboxylic acids is 2. The molecule has 0 heterocycles. The van der Waals surface area contributed by atoms with E-state index in [4.69, 9.17) is 14.7 Å². The van der Waals surface area contributed by atoms with Crippen LogP contribution in [0.2, 0.25) is 0 Å². The van der Waals surface area contributed by atoms with E-state index in [1.54, 1.807) is 57.2 Å². The number of ether oxygens (including phenoxy) is 2. The third-order valence-electron chi connectivity index (χ3n) is 5.73. The van der Waals surface area contributed by atoms with Gasteiger partial charge in [-0.15, -0.1) is 12.4 Å². The number of carbonyl (C=O) groups is 2. The van der Waals surface area contributed by atoms with Crippen LogP contribution in [0.5, 0.6) is 11.5 Å². The summed E-state index contributed by atoms with van der Waals surface area (Å²) in [6.07, 6.45) is 1.16. The number of sulfonamides is 1. The number of halogens is 1. The summed E-state index contributed by atoms with van der Waals surface area (Å²) >= 11 is 0. The second-order valence-electron chi connectivity index (χ2n) is 10.2. The fourth-order valence-electron chi connectivity index (χ4n) is 3.93. The molecule has 0 unspecified atom stereocenters. The van der Waals surface area contributed by atoms with Crippen LogP contribution in [0.15, 0.2) is 70.5 Å². The summed E-state index contributed by atoms with van der Waals surface area (Å²) < 4.78 is 63.9. The molecule has 0 aromatic heterocycles. The highest BCUT2D eigenvalue weighted by atomic mass is 35.5. The van der Waals surface area contributed by atoms with E-state index in [0.717, 1.165) is 24.5 Å². The van der Waals surface area contributed by atoms with Gasteiger partial charge in [0.25, 0.3) is 5.91 Å². The van der Waals surface area contributed by atoms with Gasteiger partial charge in [0.1, 0.15) is 22.0 Å². The number of hydrogen-bond donors (Lipinski definition) is 4. The number of nitrogens with one attached hydrogen (secondary N) is 2. The first kappa shape index (κ1) is 35.5. The van der Waals surface area contributed by atoms with E-state index in [1.165, 1.54) is 11.5 Å². The Kier molecular flexibility index (Phi) is 11.7. The van der Waals surface area contributed by atoms with Gasteiger partial charge >= 0.3 is 5.97 Å². The van der Waals surface area contributed by atoms with E-state index in [0.29, 0.717) is 16.7 Å². The number of benzene rings is 3. The Balaban J connectivity index is 0.00000645. The van der Waals surface area contributed by atoms with E-state index in [2.05, 4.69) is 4.72 Å². The standard InChI is InChI=1S/C28H32N2O10S2.ClH/c1-28(2,3)40-26(32)17-39-23-15-19(21-7-5-6-8-24(21)41(4,35)36)10-9-18(23)13-14-29-42(37,38)25-16-20(27(33)30-34)11-12-22(25)31;/h5-12,15-16,29,31,34H,13-14,17H2,1-4H3,(H,30,33);1H. The summed E-state index contributed by atoms with van der Waals surface area (Å²) in [5, 5.41) is 18.9. The minimum Gasteiger partial charge on any atom is -0.507 e. The molecule has 0 fully saturated rings. The van der Waals surface area contributed by atoms with Gasteiger partial charge in [-0.2, -0.15) is 0 Å². The molecule has 3 aromatic carbocycles. The summed E-state index contributed by atoms with van der Waals surface area (Å²) in [5.41, 5.74) is 1.84. The molecule has 12 nitrogen and oxygen atoms in total. The SMILES string of the molecule is CC(C)(C)OC(=O)COc1cc(-c2ccccc2S(C)(=O)=O)ccc1CCNS(=O)(=O)c1cc(C(=O)NO)ccc1O.Cl. The van der Waals surface area contributed by atoms with Gasteiger partial charge < -0.3 is 14.6 Å². The maximum atomic E-state index is 12.9. The summed E-state index contributed by atoms with van der Waals surface area (Å²) in [6, 6.07) is 14.3. The highest BCUT2D eigenvalue weighted by molar-refractivity contribution is 7.91. The summed E-state index contributed by atoms with van der Waals surface area (Å²) in [5.74, 6) is -2.01. The molecular formula is C28H33ClN2O10S2. The largest absolute Gasteiger partial charge is 0.507 e. The molecule has 0 aliphatic rings. The second kappa shape index (κ2) is 14.2. The third-order valence-corrected chi connectivity index (χ3v) is 8.37. The van der Waals surface area contributed by atoms with Crippen molar-refractivity contribution in [2.75, 3.05) is 19.4 Å². The Morgan fingerprint density at radius 2 is 1.60 bits per heavy atom. The van der Waals surface area contributed by atoms with Crippen molar-refractivity contribution in [3.05, 3.63) is 71.8 Å². The summed E-state index contributed by atoms with van der Waals surface area (Å²) in [4.78, 5) is 23.5. The first-order chi connectivity index (χ1) is 19.5. The van der Waals surface area contributed by atoms with Gasteiger partial charge in [-0.05, 0) is 68.7 Å². The average molecular weight is 657 g/mol. The fourth-order valence-corrected chi connectivity index (χ4v) is 5.99. The van der Waals surface area contributed by atoms with Gasteiger partial charge in [0.15, 0.2) is 16.4 Å². The predicted molar refractivity (Wildman–Crippen MR) is 160 cm³/mol. The number of aromatic hydroxyl groups is 1.